The highest BCUT2D eigenvalue weighted by atomic mass is 32.2. The van der Waals surface area contributed by atoms with Gasteiger partial charge in [-0.3, -0.25) is 4.79 Å². The van der Waals surface area contributed by atoms with Crippen LogP contribution in [0.4, 0.5) is 0 Å². The fraction of sp³-hybridized carbons (Fsp3) is 0.385. The third-order valence-electron chi connectivity index (χ3n) is 2.89. The van der Waals surface area contributed by atoms with Gasteiger partial charge in [-0.25, -0.2) is 13.4 Å². The Morgan fingerprint density at radius 3 is 2.81 bits per heavy atom. The first-order chi connectivity index (χ1) is 9.85. The molecular weight excluding hydrogens is 310 g/mol. The minimum absolute atomic E-state index is 0.0945. The highest BCUT2D eigenvalue weighted by molar-refractivity contribution is 7.90. The highest BCUT2D eigenvalue weighted by Gasteiger charge is 2.16. The van der Waals surface area contributed by atoms with Crippen LogP contribution in [0.5, 0.6) is 0 Å². The second kappa shape index (κ2) is 6.50. The van der Waals surface area contributed by atoms with E-state index in [1.807, 2.05) is 24.3 Å². The van der Waals surface area contributed by atoms with Gasteiger partial charge in [0.05, 0.1) is 28.6 Å². The summed E-state index contributed by atoms with van der Waals surface area (Å²) in [7, 11) is -3.11. The molecule has 1 unspecified atom stereocenters. The largest absolute Gasteiger partial charge is 0.348 e. The maximum absolute atomic E-state index is 11.8. The number of nitrogens with zero attached hydrogens (tertiary/aromatic N) is 1. The third-order valence-corrected chi connectivity index (χ3v) is 4.90. The number of para-hydroxylation sites is 1. The van der Waals surface area contributed by atoms with Gasteiger partial charge in [-0.2, -0.15) is 0 Å². The number of hydrogen-bond acceptors (Lipinski definition) is 6. The maximum atomic E-state index is 11.8. The number of thiazole rings is 1. The summed E-state index contributed by atoms with van der Waals surface area (Å²) in [6.45, 7) is 0.296. The van der Waals surface area contributed by atoms with E-state index in [2.05, 4.69) is 10.3 Å². The molecule has 0 aliphatic rings. The predicted molar refractivity (Wildman–Crippen MR) is 83.8 cm³/mol. The van der Waals surface area contributed by atoms with Gasteiger partial charge in [0.25, 0.3) is 0 Å². The number of carbonyl (C=O) groups is 1. The number of benzene rings is 1. The summed E-state index contributed by atoms with van der Waals surface area (Å²) in [5.74, 6) is -0.458. The number of aromatic nitrogens is 1. The smallest absolute Gasteiger partial charge is 0.237 e. The van der Waals surface area contributed by atoms with E-state index in [1.165, 1.54) is 11.3 Å². The summed E-state index contributed by atoms with van der Waals surface area (Å²) in [5.41, 5.74) is 6.57. The van der Waals surface area contributed by atoms with Crippen LogP contribution >= 0.6 is 11.3 Å². The van der Waals surface area contributed by atoms with Crippen molar-refractivity contribution in [3.8, 4) is 0 Å². The zero-order chi connectivity index (χ0) is 15.5. The molecule has 1 amide bonds. The van der Waals surface area contributed by atoms with E-state index in [1.54, 1.807) is 0 Å². The van der Waals surface area contributed by atoms with Crippen LogP contribution in [0.25, 0.3) is 10.2 Å². The zero-order valence-corrected chi connectivity index (χ0v) is 13.2. The zero-order valence-electron chi connectivity index (χ0n) is 11.6. The van der Waals surface area contributed by atoms with Crippen LogP contribution in [-0.4, -0.2) is 37.4 Å². The monoisotopic (exact) mass is 327 g/mol. The van der Waals surface area contributed by atoms with E-state index >= 15 is 0 Å². The summed E-state index contributed by atoms with van der Waals surface area (Å²) < 4.78 is 23.1. The van der Waals surface area contributed by atoms with Gasteiger partial charge in [-0.05, 0) is 18.6 Å². The lowest BCUT2D eigenvalue weighted by atomic mass is 10.2. The number of nitrogens with two attached hydrogens (primary N) is 1. The number of amides is 1. The molecule has 1 heterocycles. The molecule has 1 atom stereocenters. The third kappa shape index (κ3) is 4.76. The Bertz CT molecular complexity index is 707. The number of fused-ring (bicyclic) bond motifs is 1. The van der Waals surface area contributed by atoms with E-state index in [4.69, 9.17) is 5.73 Å². The first-order valence-corrected chi connectivity index (χ1v) is 9.28. The van der Waals surface area contributed by atoms with Crippen molar-refractivity contribution in [1.29, 1.82) is 0 Å². The van der Waals surface area contributed by atoms with E-state index in [9.17, 15) is 13.2 Å². The molecule has 3 N–H and O–H groups in total. The van der Waals surface area contributed by atoms with Crippen molar-refractivity contribution >= 4 is 37.3 Å². The first kappa shape index (κ1) is 15.9. The Kier molecular flexibility index (Phi) is 4.92. The minimum atomic E-state index is -3.11. The van der Waals surface area contributed by atoms with Crippen molar-refractivity contribution in [3.05, 3.63) is 29.3 Å². The van der Waals surface area contributed by atoms with E-state index in [0.717, 1.165) is 21.5 Å². The number of carbonyl (C=O) groups excluding carboxylic acids is 1. The molecule has 0 aliphatic heterocycles. The molecular formula is C13H17N3O3S2. The van der Waals surface area contributed by atoms with E-state index in [-0.39, 0.29) is 18.1 Å². The van der Waals surface area contributed by atoms with Gasteiger partial charge >= 0.3 is 0 Å². The molecule has 0 spiro atoms. The van der Waals surface area contributed by atoms with Crippen molar-refractivity contribution in [3.63, 3.8) is 0 Å². The highest BCUT2D eigenvalue weighted by Crippen LogP contribution is 2.21. The Morgan fingerprint density at radius 2 is 2.14 bits per heavy atom. The Hall–Kier alpha value is -1.51. The molecule has 8 heteroatoms. The molecule has 1 aromatic carbocycles. The summed E-state index contributed by atoms with van der Waals surface area (Å²) in [6, 6.07) is 6.90. The lowest BCUT2D eigenvalue weighted by molar-refractivity contribution is -0.122. The molecule has 21 heavy (non-hydrogen) atoms. The molecule has 2 rings (SSSR count). The fourth-order valence-corrected chi connectivity index (χ4v) is 3.35. The SMILES string of the molecule is CS(=O)(=O)CCC(N)C(=O)NCc1nc2ccccc2s1. The van der Waals surface area contributed by atoms with Gasteiger partial charge < -0.3 is 11.1 Å². The Labute approximate surface area is 127 Å². The molecule has 6 nitrogen and oxygen atoms in total. The normalized spacial score (nSPS) is 13.2. The minimum Gasteiger partial charge on any atom is -0.348 e. The van der Waals surface area contributed by atoms with Crippen molar-refractivity contribution in [1.82, 2.24) is 10.3 Å². The van der Waals surface area contributed by atoms with Crippen LogP contribution in [0.3, 0.4) is 0 Å². The lowest BCUT2D eigenvalue weighted by Gasteiger charge is -2.10. The standard InChI is InChI=1S/C13H17N3O3S2/c1-21(18,19)7-6-9(14)13(17)15-8-12-16-10-4-2-3-5-11(10)20-12/h2-5,9H,6-8,14H2,1H3,(H,15,17). The van der Waals surface area contributed by atoms with Crippen LogP contribution in [0, 0.1) is 0 Å². The predicted octanol–water partition coefficient (Wildman–Crippen LogP) is 0.675. The average molecular weight is 327 g/mol. The molecule has 0 fully saturated rings. The van der Waals surface area contributed by atoms with Crippen LogP contribution in [0.15, 0.2) is 24.3 Å². The van der Waals surface area contributed by atoms with Gasteiger partial charge in [0.1, 0.15) is 14.8 Å². The van der Waals surface area contributed by atoms with Crippen LogP contribution in [-0.2, 0) is 21.2 Å². The number of sulfone groups is 1. The second-order valence-corrected chi connectivity index (χ2v) is 8.19. The average Bonchev–Trinajstić information content (AvgIpc) is 2.84. The molecule has 114 valence electrons. The first-order valence-electron chi connectivity index (χ1n) is 6.40. The molecule has 0 radical (unpaired) electrons. The van der Waals surface area contributed by atoms with Gasteiger partial charge in [0.2, 0.25) is 5.91 Å². The van der Waals surface area contributed by atoms with Gasteiger partial charge in [-0.1, -0.05) is 12.1 Å². The van der Waals surface area contributed by atoms with Crippen LogP contribution < -0.4 is 11.1 Å². The van der Waals surface area contributed by atoms with E-state index < -0.39 is 15.9 Å². The van der Waals surface area contributed by atoms with Crippen LogP contribution in [0.1, 0.15) is 11.4 Å². The maximum Gasteiger partial charge on any atom is 0.237 e. The second-order valence-electron chi connectivity index (χ2n) is 4.82. The lowest BCUT2D eigenvalue weighted by Crippen LogP contribution is -2.41. The molecule has 0 saturated heterocycles. The quantitative estimate of drug-likeness (QED) is 0.812. The van der Waals surface area contributed by atoms with Crippen molar-refractivity contribution in [2.45, 2.75) is 19.0 Å². The van der Waals surface area contributed by atoms with Crippen molar-refractivity contribution in [2.24, 2.45) is 5.73 Å². The summed E-state index contributed by atoms with van der Waals surface area (Å²) in [5, 5.41) is 3.48. The van der Waals surface area contributed by atoms with Gasteiger partial charge in [0, 0.05) is 6.26 Å². The molecule has 0 bridgehead atoms. The Morgan fingerprint density at radius 1 is 1.43 bits per heavy atom. The summed E-state index contributed by atoms with van der Waals surface area (Å²) >= 11 is 1.51. The molecule has 1 aromatic heterocycles. The molecule has 0 saturated carbocycles. The number of hydrogen-bond donors (Lipinski definition) is 2. The summed E-state index contributed by atoms with van der Waals surface area (Å²) in [6.07, 6.45) is 1.24. The topological polar surface area (TPSA) is 102 Å². The van der Waals surface area contributed by atoms with Crippen molar-refractivity contribution < 1.29 is 13.2 Å². The van der Waals surface area contributed by atoms with Crippen LogP contribution in [0.2, 0.25) is 0 Å². The fourth-order valence-electron chi connectivity index (χ4n) is 1.76. The number of nitrogens with one attached hydrogen (secondary N) is 1. The van der Waals surface area contributed by atoms with E-state index in [0.29, 0.717) is 6.54 Å². The Balaban J connectivity index is 1.88. The van der Waals surface area contributed by atoms with Gasteiger partial charge in [-0.15, -0.1) is 11.3 Å². The van der Waals surface area contributed by atoms with Gasteiger partial charge in [0.15, 0.2) is 0 Å². The summed E-state index contributed by atoms with van der Waals surface area (Å²) in [4.78, 5) is 16.2. The number of rotatable bonds is 6. The molecule has 2 aromatic rings. The molecule has 0 aliphatic carbocycles. The van der Waals surface area contributed by atoms with Crippen molar-refractivity contribution in [2.75, 3.05) is 12.0 Å².